The molecule has 0 atom stereocenters. The monoisotopic (exact) mass is 539 g/mol. The quantitative estimate of drug-likeness (QED) is 0.290. The molecule has 3 aromatic carbocycles. The van der Waals surface area contributed by atoms with Crippen LogP contribution in [0.1, 0.15) is 24.4 Å². The Morgan fingerprint density at radius 1 is 0.756 bits per heavy atom. The van der Waals surface area contributed by atoms with Crippen LogP contribution >= 0.6 is 0 Å². The van der Waals surface area contributed by atoms with E-state index in [1.54, 1.807) is 6.20 Å². The zero-order chi connectivity index (χ0) is 27.6. The molecular weight excluding hydrogens is 510 g/mol. The number of hydrogen-bond acceptors (Lipinski definition) is 6. The number of fused-ring (bicyclic) bond motifs is 1. The molecule has 0 spiro atoms. The molecule has 6 aromatic rings. The number of nitrogens with zero attached hydrogens (tertiary/aromatic N) is 6. The Morgan fingerprint density at radius 3 is 2.27 bits per heavy atom. The molecule has 1 aliphatic rings. The average molecular weight is 540 g/mol. The van der Waals surface area contributed by atoms with Crippen molar-refractivity contribution >= 4 is 11.0 Å². The topological polar surface area (TPSA) is 92.6 Å². The summed E-state index contributed by atoms with van der Waals surface area (Å²) >= 11 is 0. The van der Waals surface area contributed by atoms with Gasteiger partial charge in [-0.05, 0) is 42.7 Å². The normalized spacial score (nSPS) is 14.4. The fraction of sp³-hybridized carbons (Fsp3) is 0.182. The molecule has 0 unspecified atom stereocenters. The Bertz CT molecular complexity index is 1840. The summed E-state index contributed by atoms with van der Waals surface area (Å²) in [7, 11) is 0. The molecule has 8 nitrogen and oxygen atoms in total. The van der Waals surface area contributed by atoms with E-state index in [9.17, 15) is 4.79 Å². The molecule has 1 N–H and O–H groups in total. The predicted octanol–water partition coefficient (Wildman–Crippen LogP) is 5.75. The lowest BCUT2D eigenvalue weighted by molar-refractivity contribution is 0.180. The fourth-order valence-corrected chi connectivity index (χ4v) is 5.72. The van der Waals surface area contributed by atoms with Gasteiger partial charge >= 0.3 is 5.69 Å². The molecule has 0 amide bonds. The summed E-state index contributed by atoms with van der Waals surface area (Å²) in [4.78, 5) is 27.4. The second kappa shape index (κ2) is 10.9. The van der Waals surface area contributed by atoms with Crippen molar-refractivity contribution in [1.29, 1.82) is 0 Å². The fourth-order valence-electron chi connectivity index (χ4n) is 5.72. The summed E-state index contributed by atoms with van der Waals surface area (Å²) in [5.41, 5.74) is 7.29. The van der Waals surface area contributed by atoms with Gasteiger partial charge in [0.15, 0.2) is 0 Å². The number of pyridine rings is 1. The Hall–Kier alpha value is -4.95. The van der Waals surface area contributed by atoms with E-state index < -0.39 is 0 Å². The number of aromatic amines is 1. The maximum Gasteiger partial charge on any atom is 0.326 e. The van der Waals surface area contributed by atoms with E-state index in [2.05, 4.69) is 49.3 Å². The second-order valence-electron chi connectivity index (χ2n) is 10.4. The van der Waals surface area contributed by atoms with E-state index in [0.29, 0.717) is 11.5 Å². The predicted molar refractivity (Wildman–Crippen MR) is 160 cm³/mol. The number of likely N-dealkylation sites (tertiary alicyclic amines) is 1. The maximum absolute atomic E-state index is 12.7. The van der Waals surface area contributed by atoms with Crippen molar-refractivity contribution in [2.75, 3.05) is 13.1 Å². The highest BCUT2D eigenvalue weighted by molar-refractivity contribution is 5.78. The van der Waals surface area contributed by atoms with Gasteiger partial charge in [-0.1, -0.05) is 72.8 Å². The van der Waals surface area contributed by atoms with Gasteiger partial charge < -0.3 is 4.98 Å². The van der Waals surface area contributed by atoms with Crippen molar-refractivity contribution < 1.29 is 0 Å². The van der Waals surface area contributed by atoms with Crippen molar-refractivity contribution in [3.8, 4) is 34.0 Å². The Balaban J connectivity index is 1.10. The largest absolute Gasteiger partial charge is 0.326 e. The number of hydrogen-bond donors (Lipinski definition) is 1. The first-order valence-electron chi connectivity index (χ1n) is 14.0. The number of piperidine rings is 1. The van der Waals surface area contributed by atoms with Gasteiger partial charge in [0.1, 0.15) is 17.1 Å². The van der Waals surface area contributed by atoms with Gasteiger partial charge in [-0.15, -0.1) is 10.2 Å². The molecule has 3 aromatic heterocycles. The average Bonchev–Trinajstić information content (AvgIpc) is 3.38. The van der Waals surface area contributed by atoms with E-state index in [0.717, 1.165) is 66.0 Å². The van der Waals surface area contributed by atoms with E-state index in [4.69, 9.17) is 4.98 Å². The number of rotatable bonds is 6. The Morgan fingerprint density at radius 2 is 1.49 bits per heavy atom. The van der Waals surface area contributed by atoms with Crippen molar-refractivity contribution in [3.63, 3.8) is 0 Å². The number of para-hydroxylation sites is 2. The molecule has 0 aliphatic carbocycles. The van der Waals surface area contributed by atoms with Crippen LogP contribution in [0.4, 0.5) is 0 Å². The number of H-pyrrole nitrogens is 1. The first-order valence-corrected chi connectivity index (χ1v) is 14.0. The molecule has 0 saturated carbocycles. The highest BCUT2D eigenvalue weighted by Crippen LogP contribution is 2.31. The van der Waals surface area contributed by atoms with Crippen LogP contribution in [-0.2, 0) is 6.54 Å². The Kier molecular flexibility index (Phi) is 6.66. The maximum atomic E-state index is 12.7. The van der Waals surface area contributed by atoms with Crippen molar-refractivity contribution in [2.45, 2.75) is 25.4 Å². The summed E-state index contributed by atoms with van der Waals surface area (Å²) < 4.78 is 1.95. The van der Waals surface area contributed by atoms with Crippen LogP contribution in [0, 0.1) is 0 Å². The zero-order valence-electron chi connectivity index (χ0n) is 22.5. The van der Waals surface area contributed by atoms with Gasteiger partial charge in [-0.2, -0.15) is 0 Å². The lowest BCUT2D eigenvalue weighted by atomic mass is 10.0. The summed E-state index contributed by atoms with van der Waals surface area (Å²) in [5, 5.41) is 8.98. The molecule has 1 aliphatic heterocycles. The smallest absolute Gasteiger partial charge is 0.306 e. The molecule has 1 fully saturated rings. The summed E-state index contributed by atoms with van der Waals surface area (Å²) in [6.07, 6.45) is 3.63. The van der Waals surface area contributed by atoms with E-state index >= 15 is 0 Å². The zero-order valence-corrected chi connectivity index (χ0v) is 22.5. The van der Waals surface area contributed by atoms with Crippen molar-refractivity contribution in [1.82, 2.24) is 34.6 Å². The molecule has 0 bridgehead atoms. The number of aromatic nitrogens is 6. The molecule has 202 valence electrons. The van der Waals surface area contributed by atoms with Crippen molar-refractivity contribution in [2.24, 2.45) is 0 Å². The van der Waals surface area contributed by atoms with Crippen molar-refractivity contribution in [3.05, 3.63) is 119 Å². The first kappa shape index (κ1) is 25.0. The minimum Gasteiger partial charge on any atom is -0.306 e. The van der Waals surface area contributed by atoms with Crippen LogP contribution in [0.3, 0.4) is 0 Å². The van der Waals surface area contributed by atoms with Crippen LogP contribution in [0.25, 0.3) is 45.1 Å². The van der Waals surface area contributed by atoms with Crippen LogP contribution in [0.2, 0.25) is 0 Å². The molecule has 41 heavy (non-hydrogen) atoms. The molecule has 7 rings (SSSR count). The van der Waals surface area contributed by atoms with Gasteiger partial charge in [0.25, 0.3) is 0 Å². The summed E-state index contributed by atoms with van der Waals surface area (Å²) in [5.74, 6) is 0.501. The molecule has 1 saturated heterocycles. The summed E-state index contributed by atoms with van der Waals surface area (Å²) in [6.45, 7) is 2.75. The highest BCUT2D eigenvalue weighted by atomic mass is 16.1. The SMILES string of the molecule is O=c1[nH]c2ccccc2n1C1CCN(Cc2ccc(-c3nc(-c4ccccn4)nnc3-c3ccccc3)cc2)CC1. The second-order valence-corrected chi connectivity index (χ2v) is 10.4. The third-order valence-electron chi connectivity index (χ3n) is 7.81. The summed E-state index contributed by atoms with van der Waals surface area (Å²) in [6, 6.07) is 32.4. The minimum atomic E-state index is -0.0134. The van der Waals surface area contributed by atoms with Crippen LogP contribution in [-0.4, -0.2) is 47.7 Å². The molecule has 0 radical (unpaired) electrons. The van der Waals surface area contributed by atoms with Gasteiger partial charge in [-0.25, -0.2) is 9.78 Å². The Labute approximate surface area is 237 Å². The van der Waals surface area contributed by atoms with Crippen LogP contribution in [0.5, 0.6) is 0 Å². The standard InChI is InChI=1S/C33H29N7O/c41-33-35-27-10-4-5-12-29(27)40(33)26-17-20-39(21-18-26)22-23-13-15-25(16-14-23)30-31(24-8-2-1-3-9-24)37-38-32(36-30)28-11-6-7-19-34-28/h1-16,19,26H,17-18,20-22H2,(H,35,41). The van der Waals surface area contributed by atoms with E-state index in [-0.39, 0.29) is 11.7 Å². The molecular formula is C33H29N7O. The number of imidazole rings is 1. The van der Waals surface area contributed by atoms with Crippen LogP contribution in [0.15, 0.2) is 108 Å². The molecule has 8 heteroatoms. The van der Waals surface area contributed by atoms with E-state index in [1.807, 2.05) is 77.4 Å². The van der Waals surface area contributed by atoms with Gasteiger partial charge in [0.05, 0.1) is 11.0 Å². The molecule has 4 heterocycles. The first-order chi connectivity index (χ1) is 20.2. The highest BCUT2D eigenvalue weighted by Gasteiger charge is 2.24. The number of benzene rings is 3. The number of nitrogens with one attached hydrogen (secondary N) is 1. The van der Waals surface area contributed by atoms with E-state index in [1.165, 1.54) is 5.56 Å². The minimum absolute atomic E-state index is 0.0134. The third-order valence-corrected chi connectivity index (χ3v) is 7.81. The van der Waals surface area contributed by atoms with Gasteiger partial charge in [0.2, 0.25) is 5.82 Å². The lowest BCUT2D eigenvalue weighted by Crippen LogP contribution is -2.36. The van der Waals surface area contributed by atoms with Gasteiger partial charge in [0, 0.05) is 43.0 Å². The van der Waals surface area contributed by atoms with Crippen LogP contribution < -0.4 is 5.69 Å². The third kappa shape index (κ3) is 5.05. The lowest BCUT2D eigenvalue weighted by Gasteiger charge is -2.32. The van der Waals surface area contributed by atoms with Gasteiger partial charge in [-0.3, -0.25) is 14.5 Å².